The summed E-state index contributed by atoms with van der Waals surface area (Å²) in [5, 5.41) is 0. The molecule has 0 bridgehead atoms. The number of hydrogen-bond donors (Lipinski definition) is 0. The Balaban J connectivity index is 2.39. The van der Waals surface area contributed by atoms with Gasteiger partial charge in [-0.2, -0.15) is 0 Å². The smallest absolute Gasteiger partial charge is 0.0354 e. The van der Waals surface area contributed by atoms with Crippen molar-refractivity contribution in [1.29, 1.82) is 0 Å². The highest BCUT2D eigenvalue weighted by Crippen LogP contribution is 2.39. The van der Waals surface area contributed by atoms with E-state index in [2.05, 4.69) is 27.7 Å². The molecule has 11 heavy (non-hydrogen) atoms. The minimum absolute atomic E-state index is 0.556. The summed E-state index contributed by atoms with van der Waals surface area (Å²) >= 11 is 0. The summed E-state index contributed by atoms with van der Waals surface area (Å²) in [7, 11) is 0. The molecule has 0 heteroatoms. The fourth-order valence-corrected chi connectivity index (χ4v) is 2.13. The highest BCUT2D eigenvalue weighted by Gasteiger charge is 2.27. The molecule has 0 atom stereocenters. The van der Waals surface area contributed by atoms with E-state index in [0.717, 1.165) is 11.8 Å². The predicted octanol–water partition coefficient (Wildman–Crippen LogP) is 3.86. The fourth-order valence-electron chi connectivity index (χ4n) is 2.13. The normalized spacial score (nSPS) is 33.8. The molecule has 0 saturated heterocycles. The molecule has 0 radical (unpaired) electrons. The van der Waals surface area contributed by atoms with Gasteiger partial charge >= 0.3 is 0 Å². The van der Waals surface area contributed by atoms with Gasteiger partial charge in [0.05, 0.1) is 0 Å². The van der Waals surface area contributed by atoms with E-state index in [1.165, 1.54) is 25.7 Å². The Morgan fingerprint density at radius 1 is 0.909 bits per heavy atom. The van der Waals surface area contributed by atoms with Gasteiger partial charge in [0.1, 0.15) is 0 Å². The maximum atomic E-state index is 2.39. The van der Waals surface area contributed by atoms with Crippen molar-refractivity contribution in [2.75, 3.05) is 0 Å². The summed E-state index contributed by atoms with van der Waals surface area (Å²) in [5.41, 5.74) is 0.556. The topological polar surface area (TPSA) is 0 Å². The first-order chi connectivity index (χ1) is 5.00. The second-order valence-electron chi connectivity index (χ2n) is 5.32. The van der Waals surface area contributed by atoms with Crippen molar-refractivity contribution in [3.05, 3.63) is 0 Å². The molecule has 0 spiro atoms. The summed E-state index contributed by atoms with van der Waals surface area (Å²) in [6, 6.07) is 0. The molecule has 1 aliphatic rings. The highest BCUT2D eigenvalue weighted by atomic mass is 14.3. The molecule has 0 aromatic heterocycles. The van der Waals surface area contributed by atoms with E-state index in [9.17, 15) is 0 Å². The molecule has 66 valence electrons. The lowest BCUT2D eigenvalue weighted by Gasteiger charge is -2.35. The SMILES string of the molecule is CC(C)(C)[C@H]1CC[C@@H](C)CC1. The molecule has 0 heterocycles. The van der Waals surface area contributed by atoms with Crippen molar-refractivity contribution in [3.63, 3.8) is 0 Å². The summed E-state index contributed by atoms with van der Waals surface area (Å²) in [5.74, 6) is 1.98. The predicted molar refractivity (Wildman–Crippen MR) is 50.6 cm³/mol. The zero-order valence-electron chi connectivity index (χ0n) is 8.48. The van der Waals surface area contributed by atoms with Crippen molar-refractivity contribution >= 4 is 0 Å². The third-order valence-electron chi connectivity index (χ3n) is 3.24. The van der Waals surface area contributed by atoms with Gasteiger partial charge in [-0.25, -0.2) is 0 Å². The molecule has 0 aromatic rings. The van der Waals surface area contributed by atoms with Crippen LogP contribution in [0.4, 0.5) is 0 Å². The molecule has 0 aliphatic heterocycles. The average molecular weight is 154 g/mol. The van der Waals surface area contributed by atoms with Crippen molar-refractivity contribution in [3.8, 4) is 0 Å². The Labute approximate surface area is 71.4 Å². The third kappa shape index (κ3) is 2.50. The molecule has 0 aromatic carbocycles. The second-order valence-corrected chi connectivity index (χ2v) is 5.32. The molecule has 0 nitrogen and oxygen atoms in total. The van der Waals surface area contributed by atoms with E-state index >= 15 is 0 Å². The highest BCUT2D eigenvalue weighted by molar-refractivity contribution is 4.78. The maximum Gasteiger partial charge on any atom is -0.0354 e. The number of hydrogen-bond acceptors (Lipinski definition) is 0. The Morgan fingerprint density at radius 3 is 1.73 bits per heavy atom. The monoisotopic (exact) mass is 154 g/mol. The van der Waals surface area contributed by atoms with Gasteiger partial charge in [-0.3, -0.25) is 0 Å². The van der Waals surface area contributed by atoms with Crippen LogP contribution in [0.3, 0.4) is 0 Å². The van der Waals surface area contributed by atoms with Crippen LogP contribution in [0.15, 0.2) is 0 Å². The molecule has 0 amide bonds. The zero-order chi connectivity index (χ0) is 8.48. The summed E-state index contributed by atoms with van der Waals surface area (Å²) < 4.78 is 0. The zero-order valence-corrected chi connectivity index (χ0v) is 8.48. The van der Waals surface area contributed by atoms with Gasteiger partial charge in [0.2, 0.25) is 0 Å². The standard InChI is InChI=1S/C11H22/c1-9-5-7-10(8-6-9)11(2,3)4/h9-10H,5-8H2,1-4H3/t9-,10+. The van der Waals surface area contributed by atoms with Gasteiger partial charge in [-0.05, 0) is 30.1 Å². The molecule has 0 N–H and O–H groups in total. The van der Waals surface area contributed by atoms with Crippen LogP contribution in [-0.4, -0.2) is 0 Å². The number of rotatable bonds is 0. The van der Waals surface area contributed by atoms with Crippen molar-refractivity contribution < 1.29 is 0 Å². The van der Waals surface area contributed by atoms with Crippen molar-refractivity contribution in [2.24, 2.45) is 17.3 Å². The average Bonchev–Trinajstić information content (AvgIpc) is 1.86. The largest absolute Gasteiger partial charge is 0.0625 e. The molecular formula is C11H22. The van der Waals surface area contributed by atoms with Gasteiger partial charge in [-0.15, -0.1) is 0 Å². The van der Waals surface area contributed by atoms with Crippen LogP contribution in [0.5, 0.6) is 0 Å². The first kappa shape index (κ1) is 9.09. The molecular weight excluding hydrogens is 132 g/mol. The summed E-state index contributed by atoms with van der Waals surface area (Å²) in [6.45, 7) is 9.54. The van der Waals surface area contributed by atoms with Crippen molar-refractivity contribution in [2.45, 2.75) is 53.4 Å². The van der Waals surface area contributed by atoms with Crippen LogP contribution >= 0.6 is 0 Å². The van der Waals surface area contributed by atoms with Crippen LogP contribution in [0.2, 0.25) is 0 Å². The van der Waals surface area contributed by atoms with Crippen LogP contribution < -0.4 is 0 Å². The molecule has 1 aliphatic carbocycles. The molecule has 0 unspecified atom stereocenters. The summed E-state index contributed by atoms with van der Waals surface area (Å²) in [6.07, 6.45) is 5.85. The fraction of sp³-hybridized carbons (Fsp3) is 1.00. The molecule has 1 rings (SSSR count). The van der Waals surface area contributed by atoms with Crippen LogP contribution in [0, 0.1) is 17.3 Å². The molecule has 1 fully saturated rings. The van der Waals surface area contributed by atoms with Gasteiger partial charge in [0.25, 0.3) is 0 Å². The Kier molecular flexibility index (Phi) is 2.61. The maximum absolute atomic E-state index is 2.39. The first-order valence-electron chi connectivity index (χ1n) is 5.00. The summed E-state index contributed by atoms with van der Waals surface area (Å²) in [4.78, 5) is 0. The quantitative estimate of drug-likeness (QED) is 0.497. The van der Waals surface area contributed by atoms with Gasteiger partial charge in [0.15, 0.2) is 0 Å². The third-order valence-corrected chi connectivity index (χ3v) is 3.24. The molecule has 1 saturated carbocycles. The van der Waals surface area contributed by atoms with Crippen LogP contribution in [0.25, 0.3) is 0 Å². The van der Waals surface area contributed by atoms with Gasteiger partial charge in [0, 0.05) is 0 Å². The lowest BCUT2D eigenvalue weighted by atomic mass is 9.70. The minimum Gasteiger partial charge on any atom is -0.0625 e. The second kappa shape index (κ2) is 3.16. The van der Waals surface area contributed by atoms with Crippen LogP contribution in [0.1, 0.15) is 53.4 Å². The van der Waals surface area contributed by atoms with E-state index in [4.69, 9.17) is 0 Å². The van der Waals surface area contributed by atoms with E-state index in [0.29, 0.717) is 5.41 Å². The lowest BCUT2D eigenvalue weighted by Crippen LogP contribution is -2.24. The first-order valence-corrected chi connectivity index (χ1v) is 5.00. The van der Waals surface area contributed by atoms with E-state index in [1.807, 2.05) is 0 Å². The van der Waals surface area contributed by atoms with Gasteiger partial charge < -0.3 is 0 Å². The van der Waals surface area contributed by atoms with Gasteiger partial charge in [-0.1, -0.05) is 40.5 Å². The van der Waals surface area contributed by atoms with Crippen LogP contribution in [-0.2, 0) is 0 Å². The Morgan fingerprint density at radius 2 is 1.36 bits per heavy atom. The minimum atomic E-state index is 0.556. The Bertz CT molecular complexity index is 110. The van der Waals surface area contributed by atoms with E-state index in [1.54, 1.807) is 0 Å². The Hall–Kier alpha value is 0. The van der Waals surface area contributed by atoms with Crippen molar-refractivity contribution in [1.82, 2.24) is 0 Å². The van der Waals surface area contributed by atoms with E-state index in [-0.39, 0.29) is 0 Å². The van der Waals surface area contributed by atoms with E-state index < -0.39 is 0 Å². The lowest BCUT2D eigenvalue weighted by molar-refractivity contribution is 0.155.